The van der Waals surface area contributed by atoms with Crippen molar-refractivity contribution in [1.29, 1.82) is 0 Å². The van der Waals surface area contributed by atoms with Gasteiger partial charge in [-0.3, -0.25) is 9.59 Å². The van der Waals surface area contributed by atoms with E-state index in [2.05, 4.69) is 15.3 Å². The summed E-state index contributed by atoms with van der Waals surface area (Å²) in [5.74, 6) is 0.562. The van der Waals surface area contributed by atoms with E-state index in [0.29, 0.717) is 23.0 Å². The fraction of sp³-hybridized carbons (Fsp3) is 0.389. The Labute approximate surface area is 150 Å². The maximum absolute atomic E-state index is 12.6. The number of hydrogen-bond donors (Lipinski definition) is 2. The summed E-state index contributed by atoms with van der Waals surface area (Å²) in [5.41, 5.74) is 2.26. The molecule has 25 heavy (non-hydrogen) atoms. The second kappa shape index (κ2) is 7.74. The third-order valence-electron chi connectivity index (χ3n) is 4.17. The van der Waals surface area contributed by atoms with Crippen LogP contribution < -0.4 is 15.6 Å². The molecule has 0 saturated carbocycles. The average molecular weight is 359 g/mol. The molecule has 0 fully saturated rings. The second-order valence-corrected chi connectivity index (χ2v) is 7.08. The van der Waals surface area contributed by atoms with Gasteiger partial charge in [0.25, 0.3) is 5.56 Å². The zero-order chi connectivity index (χ0) is 17.8. The van der Waals surface area contributed by atoms with Crippen molar-refractivity contribution in [3.05, 3.63) is 45.9 Å². The minimum atomic E-state index is -0.339. The minimum Gasteiger partial charge on any atom is -0.497 e. The number of ether oxygens (including phenoxy) is 1. The summed E-state index contributed by atoms with van der Waals surface area (Å²) in [7, 11) is 1.58. The van der Waals surface area contributed by atoms with Crippen LogP contribution in [0.3, 0.4) is 0 Å². The SMILES string of the molecule is CC[C@@H](Sc1nc2c(c(=O)[nH]1)CCC2)C(=O)Nc1cccc(OC)c1. The van der Waals surface area contributed by atoms with Gasteiger partial charge in [0.2, 0.25) is 5.91 Å². The van der Waals surface area contributed by atoms with Crippen LogP contribution in [-0.4, -0.2) is 28.2 Å². The maximum Gasteiger partial charge on any atom is 0.254 e. The fourth-order valence-corrected chi connectivity index (χ4v) is 3.77. The summed E-state index contributed by atoms with van der Waals surface area (Å²) in [4.78, 5) is 32.0. The van der Waals surface area contributed by atoms with Gasteiger partial charge >= 0.3 is 0 Å². The van der Waals surface area contributed by atoms with E-state index in [9.17, 15) is 9.59 Å². The van der Waals surface area contributed by atoms with Crippen molar-refractivity contribution < 1.29 is 9.53 Å². The van der Waals surface area contributed by atoms with Crippen LogP contribution in [0.25, 0.3) is 0 Å². The third-order valence-corrected chi connectivity index (χ3v) is 5.42. The monoisotopic (exact) mass is 359 g/mol. The highest BCUT2D eigenvalue weighted by Gasteiger charge is 2.22. The number of thioether (sulfide) groups is 1. The van der Waals surface area contributed by atoms with E-state index < -0.39 is 0 Å². The van der Waals surface area contributed by atoms with Gasteiger partial charge in [0.15, 0.2) is 5.16 Å². The Balaban J connectivity index is 1.72. The molecule has 1 aromatic carbocycles. The van der Waals surface area contributed by atoms with Gasteiger partial charge in [0.1, 0.15) is 5.75 Å². The Hall–Kier alpha value is -2.28. The molecule has 2 aromatic rings. The van der Waals surface area contributed by atoms with E-state index in [0.717, 1.165) is 30.5 Å². The quantitative estimate of drug-likeness (QED) is 0.612. The number of rotatable bonds is 6. The zero-order valence-electron chi connectivity index (χ0n) is 14.3. The molecule has 1 atom stereocenters. The van der Waals surface area contributed by atoms with Gasteiger partial charge in [0.05, 0.1) is 18.1 Å². The molecule has 1 aliphatic rings. The summed E-state index contributed by atoms with van der Waals surface area (Å²) in [6, 6.07) is 7.22. The molecule has 7 heteroatoms. The molecule has 1 aromatic heterocycles. The average Bonchev–Trinajstić information content (AvgIpc) is 3.09. The van der Waals surface area contributed by atoms with Gasteiger partial charge in [-0.1, -0.05) is 24.8 Å². The second-order valence-electron chi connectivity index (χ2n) is 5.89. The number of carbonyl (C=O) groups is 1. The van der Waals surface area contributed by atoms with Gasteiger partial charge in [0, 0.05) is 17.3 Å². The first-order valence-corrected chi connectivity index (χ1v) is 9.22. The number of amides is 1. The molecular weight excluding hydrogens is 338 g/mol. The predicted octanol–water partition coefficient (Wildman–Crippen LogP) is 2.78. The van der Waals surface area contributed by atoms with E-state index >= 15 is 0 Å². The number of benzene rings is 1. The molecule has 0 spiro atoms. The first-order valence-electron chi connectivity index (χ1n) is 8.34. The summed E-state index contributed by atoms with van der Waals surface area (Å²) in [5, 5.41) is 3.07. The normalized spacial score (nSPS) is 14.0. The molecule has 1 heterocycles. The maximum atomic E-state index is 12.6. The number of anilines is 1. The molecule has 1 amide bonds. The van der Waals surface area contributed by atoms with Crippen molar-refractivity contribution in [3.8, 4) is 5.75 Å². The van der Waals surface area contributed by atoms with Gasteiger partial charge in [-0.2, -0.15) is 0 Å². The van der Waals surface area contributed by atoms with Crippen LogP contribution >= 0.6 is 11.8 Å². The number of aromatic nitrogens is 2. The summed E-state index contributed by atoms with van der Waals surface area (Å²) in [6.45, 7) is 1.94. The first kappa shape index (κ1) is 17.5. The smallest absolute Gasteiger partial charge is 0.254 e. The van der Waals surface area contributed by atoms with Crippen molar-refractivity contribution in [2.24, 2.45) is 0 Å². The lowest BCUT2D eigenvalue weighted by Crippen LogP contribution is -2.25. The number of nitrogens with one attached hydrogen (secondary N) is 2. The largest absolute Gasteiger partial charge is 0.497 e. The molecule has 0 bridgehead atoms. The highest BCUT2D eigenvalue weighted by Crippen LogP contribution is 2.26. The van der Waals surface area contributed by atoms with E-state index in [1.165, 1.54) is 11.8 Å². The standard InChI is InChI=1S/C18H21N3O3S/c1-3-15(17(23)19-11-6-4-7-12(10-11)24-2)25-18-20-14-9-5-8-13(14)16(22)21-18/h4,6-7,10,15H,3,5,8-9H2,1-2H3,(H,19,23)(H,20,21,22)/t15-/m1/s1. The molecule has 3 rings (SSSR count). The summed E-state index contributed by atoms with van der Waals surface area (Å²) in [6.07, 6.45) is 3.21. The topological polar surface area (TPSA) is 84.1 Å². The molecule has 0 saturated heterocycles. The van der Waals surface area contributed by atoms with Crippen LogP contribution in [0, 0.1) is 0 Å². The number of methoxy groups -OCH3 is 1. The lowest BCUT2D eigenvalue weighted by atomic mass is 10.2. The Morgan fingerprint density at radius 3 is 3.04 bits per heavy atom. The van der Waals surface area contributed by atoms with Gasteiger partial charge < -0.3 is 15.0 Å². The number of H-pyrrole nitrogens is 1. The van der Waals surface area contributed by atoms with Gasteiger partial charge in [-0.05, 0) is 37.8 Å². The Morgan fingerprint density at radius 1 is 1.44 bits per heavy atom. The fourth-order valence-electron chi connectivity index (χ4n) is 2.86. The van der Waals surface area contributed by atoms with Gasteiger partial charge in [-0.25, -0.2) is 4.98 Å². The highest BCUT2D eigenvalue weighted by atomic mass is 32.2. The third kappa shape index (κ3) is 4.04. The number of hydrogen-bond acceptors (Lipinski definition) is 5. The Bertz CT molecular complexity index is 835. The number of aryl methyl sites for hydroxylation is 1. The molecule has 6 nitrogen and oxygen atoms in total. The summed E-state index contributed by atoms with van der Waals surface area (Å²) < 4.78 is 5.17. The lowest BCUT2D eigenvalue weighted by Gasteiger charge is -2.15. The van der Waals surface area contributed by atoms with Crippen molar-refractivity contribution >= 4 is 23.4 Å². The minimum absolute atomic E-state index is 0.0759. The van der Waals surface area contributed by atoms with Crippen LogP contribution in [0.5, 0.6) is 5.75 Å². The molecule has 1 aliphatic carbocycles. The molecular formula is C18H21N3O3S. The highest BCUT2D eigenvalue weighted by molar-refractivity contribution is 8.00. The lowest BCUT2D eigenvalue weighted by molar-refractivity contribution is -0.115. The number of nitrogens with zero attached hydrogens (tertiary/aromatic N) is 1. The van der Waals surface area contributed by atoms with Crippen LogP contribution in [0.1, 0.15) is 31.0 Å². The molecule has 0 radical (unpaired) electrons. The van der Waals surface area contributed by atoms with E-state index in [-0.39, 0.29) is 16.7 Å². The van der Waals surface area contributed by atoms with E-state index in [1.54, 1.807) is 13.2 Å². The molecule has 132 valence electrons. The van der Waals surface area contributed by atoms with Crippen LogP contribution in [0.15, 0.2) is 34.2 Å². The number of fused-ring (bicyclic) bond motifs is 1. The van der Waals surface area contributed by atoms with E-state index in [4.69, 9.17) is 4.74 Å². The molecule has 2 N–H and O–H groups in total. The Kier molecular flexibility index (Phi) is 5.43. The molecule has 0 unspecified atom stereocenters. The van der Waals surface area contributed by atoms with Crippen molar-refractivity contribution in [2.75, 3.05) is 12.4 Å². The zero-order valence-corrected chi connectivity index (χ0v) is 15.1. The van der Waals surface area contributed by atoms with Crippen LogP contribution in [0.4, 0.5) is 5.69 Å². The van der Waals surface area contributed by atoms with Crippen LogP contribution in [-0.2, 0) is 17.6 Å². The molecule has 0 aliphatic heterocycles. The Morgan fingerprint density at radius 2 is 2.28 bits per heavy atom. The van der Waals surface area contributed by atoms with Gasteiger partial charge in [-0.15, -0.1) is 0 Å². The van der Waals surface area contributed by atoms with E-state index in [1.807, 2.05) is 25.1 Å². The van der Waals surface area contributed by atoms with Crippen LogP contribution in [0.2, 0.25) is 0 Å². The summed E-state index contributed by atoms with van der Waals surface area (Å²) >= 11 is 1.30. The first-order chi connectivity index (χ1) is 12.1. The van der Waals surface area contributed by atoms with Crippen molar-refractivity contribution in [3.63, 3.8) is 0 Å². The predicted molar refractivity (Wildman–Crippen MR) is 98.4 cm³/mol. The number of carbonyl (C=O) groups excluding carboxylic acids is 1. The number of aromatic amines is 1. The van der Waals surface area contributed by atoms with Crippen molar-refractivity contribution in [2.45, 2.75) is 43.0 Å². The van der Waals surface area contributed by atoms with Crippen molar-refractivity contribution in [1.82, 2.24) is 9.97 Å².